The summed E-state index contributed by atoms with van der Waals surface area (Å²) in [6, 6.07) is 5.33. The maximum Gasteiger partial charge on any atom is 0.355 e. The first-order chi connectivity index (χ1) is 15.2. The van der Waals surface area contributed by atoms with Crippen LogP contribution in [0.5, 0.6) is 0 Å². The van der Waals surface area contributed by atoms with Gasteiger partial charge in [-0.1, -0.05) is 0 Å². The number of non-ortho nitro benzene ring substituents is 1. The number of carbonyl (C=O) groups excluding carboxylic acids is 3. The van der Waals surface area contributed by atoms with E-state index in [9.17, 15) is 24.5 Å². The molecule has 0 N–H and O–H groups in total. The van der Waals surface area contributed by atoms with Crippen molar-refractivity contribution in [2.24, 2.45) is 0 Å². The van der Waals surface area contributed by atoms with Gasteiger partial charge in [0.25, 0.3) is 11.6 Å². The summed E-state index contributed by atoms with van der Waals surface area (Å²) in [7, 11) is 0. The molecule has 0 bridgehead atoms. The molecule has 0 aliphatic heterocycles. The van der Waals surface area contributed by atoms with Crippen molar-refractivity contribution in [1.82, 2.24) is 9.47 Å². The van der Waals surface area contributed by atoms with Crippen LogP contribution in [0.4, 0.5) is 5.69 Å². The summed E-state index contributed by atoms with van der Waals surface area (Å²) in [5.74, 6) is -1.07. The third kappa shape index (κ3) is 4.42. The van der Waals surface area contributed by atoms with Gasteiger partial charge in [-0.05, 0) is 58.2 Å². The molecule has 1 aromatic carbocycles. The zero-order chi connectivity index (χ0) is 23.6. The minimum Gasteiger partial charge on any atom is -0.461 e. The van der Waals surface area contributed by atoms with Crippen molar-refractivity contribution in [1.29, 1.82) is 0 Å². The van der Waals surface area contributed by atoms with E-state index >= 15 is 0 Å². The Morgan fingerprint density at radius 1 is 1.16 bits per heavy atom. The van der Waals surface area contributed by atoms with Crippen LogP contribution in [0.15, 0.2) is 24.3 Å². The Balaban J connectivity index is 1.89. The predicted octanol–water partition coefficient (Wildman–Crippen LogP) is 3.70. The number of benzene rings is 1. The zero-order valence-electron chi connectivity index (χ0n) is 18.7. The Morgan fingerprint density at radius 3 is 2.28 bits per heavy atom. The van der Waals surface area contributed by atoms with Crippen molar-refractivity contribution in [3.05, 3.63) is 62.5 Å². The van der Waals surface area contributed by atoms with E-state index in [1.807, 2.05) is 6.92 Å². The summed E-state index contributed by atoms with van der Waals surface area (Å²) in [5.41, 5.74) is 2.19. The minimum absolute atomic E-state index is 0.0416. The molecule has 1 aliphatic rings. The maximum absolute atomic E-state index is 13.3. The van der Waals surface area contributed by atoms with Crippen LogP contribution in [-0.4, -0.2) is 51.2 Å². The molecule has 0 radical (unpaired) electrons. The summed E-state index contributed by atoms with van der Waals surface area (Å²) >= 11 is 0. The van der Waals surface area contributed by atoms with Crippen LogP contribution in [0.2, 0.25) is 0 Å². The average Bonchev–Trinajstić information content (AvgIpc) is 3.56. The van der Waals surface area contributed by atoms with Crippen LogP contribution >= 0.6 is 0 Å². The molecule has 9 heteroatoms. The van der Waals surface area contributed by atoms with E-state index in [-0.39, 0.29) is 36.6 Å². The van der Waals surface area contributed by atoms with Gasteiger partial charge in [0, 0.05) is 41.5 Å². The predicted molar refractivity (Wildman–Crippen MR) is 117 cm³/mol. The number of carbonyl (C=O) groups is 3. The van der Waals surface area contributed by atoms with Crippen LogP contribution in [0, 0.1) is 24.0 Å². The van der Waals surface area contributed by atoms with Gasteiger partial charge in [0.05, 0.1) is 18.1 Å². The second kappa shape index (κ2) is 9.33. The van der Waals surface area contributed by atoms with Gasteiger partial charge in [0.15, 0.2) is 5.78 Å². The van der Waals surface area contributed by atoms with Crippen LogP contribution in [0.25, 0.3) is 0 Å². The van der Waals surface area contributed by atoms with Crippen molar-refractivity contribution in [3.8, 4) is 0 Å². The summed E-state index contributed by atoms with van der Waals surface area (Å²) in [5, 5.41) is 10.9. The lowest BCUT2D eigenvalue weighted by molar-refractivity contribution is -0.384. The monoisotopic (exact) mass is 441 g/mol. The van der Waals surface area contributed by atoms with Crippen molar-refractivity contribution < 1.29 is 24.0 Å². The van der Waals surface area contributed by atoms with Crippen LogP contribution in [0.3, 0.4) is 0 Å². The van der Waals surface area contributed by atoms with E-state index in [0.717, 1.165) is 12.8 Å². The Labute approximate surface area is 186 Å². The van der Waals surface area contributed by atoms with Gasteiger partial charge in [-0.3, -0.25) is 19.7 Å². The standard InChI is InChI=1S/C23H27N3O6/c1-5-24-15(4)20(14(3)21(24)23(29)32-6-2)19(27)13-25(17-11-12-17)22(28)16-7-9-18(10-8-16)26(30)31/h7-10,17H,5-6,11-13H2,1-4H3. The maximum atomic E-state index is 13.3. The molecule has 32 heavy (non-hydrogen) atoms. The van der Waals surface area contributed by atoms with E-state index in [4.69, 9.17) is 4.74 Å². The second-order valence-corrected chi connectivity index (χ2v) is 7.79. The van der Waals surface area contributed by atoms with Gasteiger partial charge in [-0.25, -0.2) is 4.79 Å². The van der Waals surface area contributed by atoms with Crippen molar-refractivity contribution >= 4 is 23.3 Å². The molecule has 0 unspecified atom stereocenters. The number of esters is 1. The number of Topliss-reactive ketones (excluding diaryl/α,β-unsaturated/α-hetero) is 1. The summed E-state index contributed by atoms with van der Waals surface area (Å²) in [6.45, 7) is 7.72. The van der Waals surface area contributed by atoms with Crippen molar-refractivity contribution in [2.75, 3.05) is 13.2 Å². The van der Waals surface area contributed by atoms with Gasteiger partial charge in [0.2, 0.25) is 0 Å². The number of nitro benzene ring substituents is 1. The molecule has 1 saturated carbocycles. The van der Waals surface area contributed by atoms with E-state index in [2.05, 4.69) is 0 Å². The van der Waals surface area contributed by atoms with E-state index in [0.29, 0.717) is 34.6 Å². The summed E-state index contributed by atoms with van der Waals surface area (Å²) in [6.07, 6.45) is 1.60. The number of nitro groups is 1. The largest absolute Gasteiger partial charge is 0.461 e. The molecule has 1 fully saturated rings. The molecule has 2 aromatic rings. The number of hydrogen-bond acceptors (Lipinski definition) is 6. The highest BCUT2D eigenvalue weighted by molar-refractivity contribution is 6.06. The highest BCUT2D eigenvalue weighted by Gasteiger charge is 2.36. The first-order valence-electron chi connectivity index (χ1n) is 10.7. The molecule has 9 nitrogen and oxygen atoms in total. The lowest BCUT2D eigenvalue weighted by atomic mass is 10.0. The molecular weight excluding hydrogens is 414 g/mol. The third-order valence-electron chi connectivity index (χ3n) is 5.72. The third-order valence-corrected chi connectivity index (χ3v) is 5.72. The Morgan fingerprint density at radius 2 is 1.78 bits per heavy atom. The molecule has 0 saturated heterocycles. The fourth-order valence-electron chi connectivity index (χ4n) is 4.04. The summed E-state index contributed by atoms with van der Waals surface area (Å²) in [4.78, 5) is 50.8. The lowest BCUT2D eigenvalue weighted by Crippen LogP contribution is -2.37. The van der Waals surface area contributed by atoms with Crippen molar-refractivity contribution in [2.45, 2.75) is 53.1 Å². The highest BCUT2D eigenvalue weighted by Crippen LogP contribution is 2.30. The smallest absolute Gasteiger partial charge is 0.355 e. The molecule has 1 amide bonds. The van der Waals surface area contributed by atoms with Crippen LogP contribution in [-0.2, 0) is 11.3 Å². The number of rotatable bonds is 9. The Hall–Kier alpha value is -3.49. The minimum atomic E-state index is -0.526. The first-order valence-corrected chi connectivity index (χ1v) is 10.7. The fourth-order valence-corrected chi connectivity index (χ4v) is 4.04. The normalized spacial score (nSPS) is 13.0. The van der Waals surface area contributed by atoms with Gasteiger partial charge in [0.1, 0.15) is 5.69 Å². The molecule has 0 spiro atoms. The van der Waals surface area contributed by atoms with E-state index in [1.165, 1.54) is 29.2 Å². The average molecular weight is 441 g/mol. The van der Waals surface area contributed by atoms with Gasteiger partial charge < -0.3 is 14.2 Å². The molecule has 170 valence electrons. The Bertz CT molecular complexity index is 1070. The topological polar surface area (TPSA) is 112 Å². The number of aromatic nitrogens is 1. The molecule has 3 rings (SSSR count). The van der Waals surface area contributed by atoms with Crippen molar-refractivity contribution in [3.63, 3.8) is 0 Å². The number of nitrogens with zero attached hydrogens (tertiary/aromatic N) is 3. The number of ether oxygens (including phenoxy) is 1. The van der Waals surface area contributed by atoms with Crippen LogP contribution in [0.1, 0.15) is 69.2 Å². The SMILES string of the molecule is CCOC(=O)c1c(C)c(C(=O)CN(C(=O)c2ccc([N+](=O)[O-])cc2)C2CC2)c(C)n1CC. The van der Waals surface area contributed by atoms with E-state index in [1.54, 1.807) is 25.3 Å². The van der Waals surface area contributed by atoms with Gasteiger partial charge >= 0.3 is 5.97 Å². The molecule has 1 heterocycles. The first kappa shape index (κ1) is 23.2. The van der Waals surface area contributed by atoms with Gasteiger partial charge in [-0.2, -0.15) is 0 Å². The lowest BCUT2D eigenvalue weighted by Gasteiger charge is -2.22. The molecule has 1 aromatic heterocycles. The quantitative estimate of drug-likeness (QED) is 0.254. The highest BCUT2D eigenvalue weighted by atomic mass is 16.6. The molecule has 1 aliphatic carbocycles. The second-order valence-electron chi connectivity index (χ2n) is 7.79. The Kier molecular flexibility index (Phi) is 6.76. The van der Waals surface area contributed by atoms with Crippen LogP contribution < -0.4 is 0 Å². The fraction of sp³-hybridized carbons (Fsp3) is 0.435. The number of ketones is 1. The van der Waals surface area contributed by atoms with Gasteiger partial charge in [-0.15, -0.1) is 0 Å². The number of hydrogen-bond donors (Lipinski definition) is 0. The molecular formula is C23H27N3O6. The number of amides is 1. The zero-order valence-corrected chi connectivity index (χ0v) is 18.7. The summed E-state index contributed by atoms with van der Waals surface area (Å²) < 4.78 is 6.93. The van der Waals surface area contributed by atoms with E-state index < -0.39 is 10.9 Å². The molecule has 0 atom stereocenters.